The van der Waals surface area contributed by atoms with E-state index in [1.807, 2.05) is 47.0 Å². The molecule has 1 aromatic carbocycles. The number of hydrogen-bond donors (Lipinski definition) is 2. The highest BCUT2D eigenvalue weighted by molar-refractivity contribution is 5.93. The van der Waals surface area contributed by atoms with Crippen LogP contribution < -0.4 is 11.1 Å². The van der Waals surface area contributed by atoms with Crippen LogP contribution in [0.25, 0.3) is 11.0 Å². The lowest BCUT2D eigenvalue weighted by atomic mass is 10.2. The monoisotopic (exact) mass is 323 g/mol. The number of hydrogen-bond acceptors (Lipinski definition) is 4. The van der Waals surface area contributed by atoms with Crippen LogP contribution in [-0.4, -0.2) is 27.0 Å². The van der Waals surface area contributed by atoms with Gasteiger partial charge in [-0.25, -0.2) is 4.98 Å². The largest absolute Gasteiger partial charge is 0.330 e. The maximum Gasteiger partial charge on any atom is 0.230 e. The van der Waals surface area contributed by atoms with Gasteiger partial charge < -0.3 is 10.3 Å². The number of nitrogens with two attached hydrogens (primary N) is 1. The molecule has 0 bridgehead atoms. The molecular formula is C18H21N5O. The van der Waals surface area contributed by atoms with Crippen molar-refractivity contribution >= 4 is 22.9 Å². The first-order chi connectivity index (χ1) is 11.7. The fourth-order valence-corrected chi connectivity index (χ4v) is 2.51. The summed E-state index contributed by atoms with van der Waals surface area (Å²) in [6, 6.07) is 13.7. The number of rotatable bonds is 6. The summed E-state index contributed by atoms with van der Waals surface area (Å²) in [4.78, 5) is 21.1. The van der Waals surface area contributed by atoms with Crippen molar-refractivity contribution in [1.29, 1.82) is 0 Å². The summed E-state index contributed by atoms with van der Waals surface area (Å²) < 4.78 is 2.02. The number of benzene rings is 1. The van der Waals surface area contributed by atoms with Crippen molar-refractivity contribution < 1.29 is 4.79 Å². The smallest absolute Gasteiger partial charge is 0.230 e. The number of nitrogens with one attached hydrogen (secondary N) is 1. The topological polar surface area (TPSA) is 85.8 Å². The SMILES string of the molecule is CC(CN)C(=O)Nc1nc2ccccc2n1CCc1ccccn1. The highest BCUT2D eigenvalue weighted by atomic mass is 16.2. The molecule has 3 N–H and O–H groups in total. The maximum atomic E-state index is 12.2. The van der Waals surface area contributed by atoms with Crippen molar-refractivity contribution in [3.63, 3.8) is 0 Å². The second kappa shape index (κ2) is 7.23. The van der Waals surface area contributed by atoms with Gasteiger partial charge in [-0.2, -0.15) is 0 Å². The number of anilines is 1. The molecule has 24 heavy (non-hydrogen) atoms. The van der Waals surface area contributed by atoms with Crippen molar-refractivity contribution in [2.45, 2.75) is 19.9 Å². The Bertz CT molecular complexity index is 828. The third kappa shape index (κ3) is 3.44. The second-order valence-corrected chi connectivity index (χ2v) is 5.77. The van der Waals surface area contributed by atoms with Crippen molar-refractivity contribution in [2.24, 2.45) is 11.7 Å². The number of para-hydroxylation sites is 2. The van der Waals surface area contributed by atoms with Crippen LogP contribution in [0.5, 0.6) is 0 Å². The van der Waals surface area contributed by atoms with Gasteiger partial charge >= 0.3 is 0 Å². The second-order valence-electron chi connectivity index (χ2n) is 5.77. The Hall–Kier alpha value is -2.73. The quantitative estimate of drug-likeness (QED) is 0.728. The van der Waals surface area contributed by atoms with Crippen molar-refractivity contribution in [3.05, 3.63) is 54.4 Å². The third-order valence-corrected chi connectivity index (χ3v) is 4.01. The lowest BCUT2D eigenvalue weighted by molar-refractivity contribution is -0.119. The van der Waals surface area contributed by atoms with Gasteiger partial charge in [-0.15, -0.1) is 0 Å². The molecule has 3 aromatic rings. The fraction of sp³-hybridized carbons (Fsp3) is 0.278. The van der Waals surface area contributed by atoms with E-state index in [-0.39, 0.29) is 11.8 Å². The minimum Gasteiger partial charge on any atom is -0.330 e. The van der Waals surface area contributed by atoms with Crippen LogP contribution in [0, 0.1) is 5.92 Å². The molecule has 1 atom stereocenters. The van der Waals surface area contributed by atoms with Crippen LogP contribution in [0.2, 0.25) is 0 Å². The predicted octanol–water partition coefficient (Wildman–Crippen LogP) is 2.21. The van der Waals surface area contributed by atoms with E-state index in [9.17, 15) is 4.79 Å². The van der Waals surface area contributed by atoms with Crippen LogP contribution in [0.1, 0.15) is 12.6 Å². The minimum absolute atomic E-state index is 0.119. The number of carbonyl (C=O) groups excluding carboxylic acids is 1. The molecule has 0 radical (unpaired) electrons. The average Bonchev–Trinajstić information content (AvgIpc) is 2.97. The molecule has 0 aliphatic rings. The Kier molecular flexibility index (Phi) is 4.86. The zero-order chi connectivity index (χ0) is 16.9. The van der Waals surface area contributed by atoms with E-state index < -0.39 is 0 Å². The number of nitrogens with zero attached hydrogens (tertiary/aromatic N) is 3. The number of fused-ring (bicyclic) bond motifs is 1. The normalized spacial score (nSPS) is 12.2. The molecule has 2 aromatic heterocycles. The number of amides is 1. The van der Waals surface area contributed by atoms with Gasteiger partial charge in [0.05, 0.1) is 11.0 Å². The van der Waals surface area contributed by atoms with E-state index in [4.69, 9.17) is 5.73 Å². The van der Waals surface area contributed by atoms with Crippen molar-refractivity contribution in [3.8, 4) is 0 Å². The van der Waals surface area contributed by atoms with E-state index in [0.29, 0.717) is 19.0 Å². The molecule has 0 saturated heterocycles. The summed E-state index contributed by atoms with van der Waals surface area (Å²) in [5, 5.41) is 2.90. The predicted molar refractivity (Wildman–Crippen MR) is 94.5 cm³/mol. The Labute approximate surface area is 140 Å². The molecule has 0 saturated carbocycles. The first-order valence-electron chi connectivity index (χ1n) is 8.05. The highest BCUT2D eigenvalue weighted by Crippen LogP contribution is 2.20. The molecule has 1 amide bonds. The summed E-state index contributed by atoms with van der Waals surface area (Å²) in [5.41, 5.74) is 8.43. The standard InChI is InChI=1S/C18H21N5O/c1-13(12-19)17(24)22-18-21-15-7-2-3-8-16(15)23(18)11-9-14-6-4-5-10-20-14/h2-8,10,13H,9,11-12,19H2,1H3,(H,21,22,24). The van der Waals surface area contributed by atoms with E-state index in [1.54, 1.807) is 13.1 Å². The van der Waals surface area contributed by atoms with Crippen molar-refractivity contribution in [2.75, 3.05) is 11.9 Å². The molecule has 3 rings (SSSR count). The molecule has 6 nitrogen and oxygen atoms in total. The zero-order valence-corrected chi connectivity index (χ0v) is 13.6. The summed E-state index contributed by atoms with van der Waals surface area (Å²) >= 11 is 0. The van der Waals surface area contributed by atoms with Gasteiger partial charge in [-0.05, 0) is 24.3 Å². The maximum absolute atomic E-state index is 12.2. The van der Waals surface area contributed by atoms with E-state index in [0.717, 1.165) is 23.1 Å². The fourth-order valence-electron chi connectivity index (χ4n) is 2.51. The van der Waals surface area contributed by atoms with E-state index >= 15 is 0 Å². The van der Waals surface area contributed by atoms with Crippen LogP contribution in [0.4, 0.5) is 5.95 Å². The van der Waals surface area contributed by atoms with Gasteiger partial charge in [-0.1, -0.05) is 25.1 Å². The lowest BCUT2D eigenvalue weighted by Gasteiger charge is -2.12. The van der Waals surface area contributed by atoms with Gasteiger partial charge in [0.1, 0.15) is 0 Å². The van der Waals surface area contributed by atoms with Gasteiger partial charge in [0.2, 0.25) is 11.9 Å². The number of carbonyl (C=O) groups is 1. The van der Waals surface area contributed by atoms with Gasteiger partial charge in [-0.3, -0.25) is 15.1 Å². The summed E-state index contributed by atoms with van der Waals surface area (Å²) in [5.74, 6) is 0.179. The Morgan fingerprint density at radius 1 is 1.25 bits per heavy atom. The molecule has 0 aliphatic heterocycles. The number of aromatic nitrogens is 3. The van der Waals surface area contributed by atoms with Crippen molar-refractivity contribution in [1.82, 2.24) is 14.5 Å². The molecule has 1 unspecified atom stereocenters. The molecule has 0 fully saturated rings. The van der Waals surface area contributed by atoms with E-state index in [1.165, 1.54) is 0 Å². The van der Waals surface area contributed by atoms with Crippen LogP contribution >= 0.6 is 0 Å². The number of pyridine rings is 1. The zero-order valence-electron chi connectivity index (χ0n) is 13.6. The van der Waals surface area contributed by atoms with Crippen LogP contribution in [0.3, 0.4) is 0 Å². The number of aryl methyl sites for hydroxylation is 2. The average molecular weight is 323 g/mol. The summed E-state index contributed by atoms with van der Waals surface area (Å²) in [7, 11) is 0. The molecule has 124 valence electrons. The van der Waals surface area contributed by atoms with Gasteiger partial charge in [0.15, 0.2) is 0 Å². The van der Waals surface area contributed by atoms with Gasteiger partial charge in [0, 0.05) is 37.3 Å². The van der Waals surface area contributed by atoms with Gasteiger partial charge in [0.25, 0.3) is 0 Å². The molecule has 0 spiro atoms. The summed E-state index contributed by atoms with van der Waals surface area (Å²) in [6.45, 7) is 2.79. The van der Waals surface area contributed by atoms with Crippen LogP contribution in [-0.2, 0) is 17.8 Å². The molecule has 0 aliphatic carbocycles. The minimum atomic E-state index is -0.256. The lowest BCUT2D eigenvalue weighted by Crippen LogP contribution is -2.28. The van der Waals surface area contributed by atoms with E-state index in [2.05, 4.69) is 15.3 Å². The molecule has 2 heterocycles. The first kappa shape index (κ1) is 16.1. The molecular weight excluding hydrogens is 302 g/mol. The number of imidazole rings is 1. The first-order valence-corrected chi connectivity index (χ1v) is 8.05. The Morgan fingerprint density at radius 3 is 2.79 bits per heavy atom. The highest BCUT2D eigenvalue weighted by Gasteiger charge is 2.16. The van der Waals surface area contributed by atoms with Crippen LogP contribution in [0.15, 0.2) is 48.7 Å². The Morgan fingerprint density at radius 2 is 2.04 bits per heavy atom. The Balaban J connectivity index is 1.88. The summed E-state index contributed by atoms with van der Waals surface area (Å²) in [6.07, 6.45) is 2.55. The molecule has 6 heteroatoms. The third-order valence-electron chi connectivity index (χ3n) is 4.01.